The van der Waals surface area contributed by atoms with Crippen LogP contribution in [0.15, 0.2) is 46.9 Å². The van der Waals surface area contributed by atoms with Gasteiger partial charge in [-0.05, 0) is 36.4 Å². The zero-order valence-corrected chi connectivity index (χ0v) is 12.4. The molecule has 0 fully saturated rings. The second-order valence-corrected chi connectivity index (χ2v) is 5.37. The highest BCUT2D eigenvalue weighted by Crippen LogP contribution is 2.27. The summed E-state index contributed by atoms with van der Waals surface area (Å²) in [4.78, 5) is 4.43. The van der Waals surface area contributed by atoms with Gasteiger partial charge in [-0.2, -0.15) is 0 Å². The summed E-state index contributed by atoms with van der Waals surface area (Å²) in [6.07, 6.45) is -0.796. The first-order valence-corrected chi connectivity index (χ1v) is 7.23. The van der Waals surface area contributed by atoms with Gasteiger partial charge in [0.15, 0.2) is 5.58 Å². The summed E-state index contributed by atoms with van der Waals surface area (Å²) >= 11 is 5.95. The SMILES string of the molecule is OCC(O)CNc1cccc(-c2nc3cc(Cl)ccc3o2)c1. The van der Waals surface area contributed by atoms with Crippen LogP contribution in [-0.2, 0) is 0 Å². The minimum absolute atomic E-state index is 0.267. The molecule has 3 aromatic rings. The fourth-order valence-corrected chi connectivity index (χ4v) is 2.25. The summed E-state index contributed by atoms with van der Waals surface area (Å²) in [5.41, 5.74) is 3.01. The Balaban J connectivity index is 1.86. The molecule has 0 amide bonds. The third-order valence-corrected chi connectivity index (χ3v) is 3.45. The van der Waals surface area contributed by atoms with Crippen molar-refractivity contribution in [3.05, 3.63) is 47.5 Å². The van der Waals surface area contributed by atoms with E-state index < -0.39 is 6.10 Å². The summed E-state index contributed by atoms with van der Waals surface area (Å²) in [7, 11) is 0. The molecule has 1 unspecified atom stereocenters. The average Bonchev–Trinajstić information content (AvgIpc) is 2.96. The maximum absolute atomic E-state index is 9.37. The molecule has 1 atom stereocenters. The van der Waals surface area contributed by atoms with Gasteiger partial charge in [0.1, 0.15) is 5.52 Å². The predicted octanol–water partition coefficient (Wildman–Crippen LogP) is 2.91. The predicted molar refractivity (Wildman–Crippen MR) is 86.0 cm³/mol. The van der Waals surface area contributed by atoms with E-state index in [1.165, 1.54) is 0 Å². The number of aliphatic hydroxyl groups is 2. The van der Waals surface area contributed by atoms with Crippen LogP contribution >= 0.6 is 11.6 Å². The number of benzene rings is 2. The average molecular weight is 319 g/mol. The lowest BCUT2D eigenvalue weighted by Gasteiger charge is -2.10. The minimum atomic E-state index is -0.796. The Morgan fingerprint density at radius 2 is 2.09 bits per heavy atom. The van der Waals surface area contributed by atoms with Gasteiger partial charge in [0, 0.05) is 22.8 Å². The van der Waals surface area contributed by atoms with E-state index in [1.807, 2.05) is 24.3 Å². The van der Waals surface area contributed by atoms with Gasteiger partial charge in [-0.1, -0.05) is 17.7 Å². The van der Waals surface area contributed by atoms with Crippen LogP contribution in [0.5, 0.6) is 0 Å². The monoisotopic (exact) mass is 318 g/mol. The number of anilines is 1. The Morgan fingerprint density at radius 1 is 1.23 bits per heavy atom. The second-order valence-electron chi connectivity index (χ2n) is 4.93. The zero-order valence-electron chi connectivity index (χ0n) is 11.7. The number of hydrogen-bond donors (Lipinski definition) is 3. The fourth-order valence-electron chi connectivity index (χ4n) is 2.09. The molecule has 2 aromatic carbocycles. The molecular formula is C16H15ClN2O3. The van der Waals surface area contributed by atoms with Gasteiger partial charge in [-0.15, -0.1) is 0 Å². The third-order valence-electron chi connectivity index (χ3n) is 3.21. The van der Waals surface area contributed by atoms with Gasteiger partial charge in [0.25, 0.3) is 0 Å². The highest BCUT2D eigenvalue weighted by Gasteiger charge is 2.09. The molecule has 6 heteroatoms. The number of oxazole rings is 1. The van der Waals surface area contributed by atoms with Crippen LogP contribution in [0, 0.1) is 0 Å². The molecule has 0 spiro atoms. The highest BCUT2D eigenvalue weighted by molar-refractivity contribution is 6.31. The van der Waals surface area contributed by atoms with Gasteiger partial charge in [-0.3, -0.25) is 0 Å². The maximum atomic E-state index is 9.37. The Bertz CT molecular complexity index is 788. The van der Waals surface area contributed by atoms with E-state index in [0.717, 1.165) is 11.3 Å². The largest absolute Gasteiger partial charge is 0.436 e. The second kappa shape index (κ2) is 6.36. The number of nitrogens with zero attached hydrogens (tertiary/aromatic N) is 1. The molecule has 5 nitrogen and oxygen atoms in total. The molecule has 0 saturated carbocycles. The molecule has 22 heavy (non-hydrogen) atoms. The van der Waals surface area contributed by atoms with Crippen LogP contribution in [-0.4, -0.2) is 34.5 Å². The van der Waals surface area contributed by atoms with E-state index in [2.05, 4.69) is 10.3 Å². The van der Waals surface area contributed by atoms with Crippen LogP contribution in [0.3, 0.4) is 0 Å². The van der Waals surface area contributed by atoms with Crippen molar-refractivity contribution >= 4 is 28.4 Å². The molecule has 0 radical (unpaired) electrons. The lowest BCUT2D eigenvalue weighted by Crippen LogP contribution is -2.22. The van der Waals surface area contributed by atoms with Crippen molar-refractivity contribution in [3.8, 4) is 11.5 Å². The van der Waals surface area contributed by atoms with E-state index in [0.29, 0.717) is 22.0 Å². The summed E-state index contributed by atoms with van der Waals surface area (Å²) < 4.78 is 5.72. The first kappa shape index (κ1) is 14.8. The molecule has 3 N–H and O–H groups in total. The van der Waals surface area contributed by atoms with Crippen LogP contribution in [0.2, 0.25) is 5.02 Å². The molecule has 0 bridgehead atoms. The van der Waals surface area contributed by atoms with E-state index in [1.54, 1.807) is 18.2 Å². The van der Waals surface area contributed by atoms with Crippen molar-refractivity contribution in [3.63, 3.8) is 0 Å². The summed E-state index contributed by atoms with van der Waals surface area (Å²) in [5.74, 6) is 0.503. The first-order valence-electron chi connectivity index (χ1n) is 6.85. The Kier molecular flexibility index (Phi) is 4.29. The molecule has 0 saturated heterocycles. The number of nitrogens with one attached hydrogen (secondary N) is 1. The number of aliphatic hydroxyl groups excluding tert-OH is 2. The molecule has 0 aliphatic carbocycles. The van der Waals surface area contributed by atoms with E-state index in [-0.39, 0.29) is 13.2 Å². The lowest BCUT2D eigenvalue weighted by molar-refractivity contribution is 0.105. The van der Waals surface area contributed by atoms with E-state index >= 15 is 0 Å². The quantitative estimate of drug-likeness (QED) is 0.674. The molecule has 0 aliphatic rings. The Morgan fingerprint density at radius 3 is 2.91 bits per heavy atom. The van der Waals surface area contributed by atoms with Crippen molar-refractivity contribution in [2.75, 3.05) is 18.5 Å². The Labute approximate surface area is 132 Å². The number of rotatable bonds is 5. The van der Waals surface area contributed by atoms with Crippen molar-refractivity contribution in [1.29, 1.82) is 0 Å². The molecule has 1 heterocycles. The Hall–Kier alpha value is -2.08. The summed E-state index contributed by atoms with van der Waals surface area (Å²) in [6.45, 7) is -0.0122. The number of aromatic nitrogens is 1. The standard InChI is InChI=1S/C16H15ClN2O3/c17-11-4-5-15-14(7-11)19-16(22-15)10-2-1-3-12(6-10)18-8-13(21)9-20/h1-7,13,18,20-21H,8-9H2. The van der Waals surface area contributed by atoms with Crippen molar-refractivity contribution < 1.29 is 14.6 Å². The van der Waals surface area contributed by atoms with Crippen LogP contribution in [0.1, 0.15) is 0 Å². The minimum Gasteiger partial charge on any atom is -0.436 e. The van der Waals surface area contributed by atoms with Gasteiger partial charge < -0.3 is 19.9 Å². The van der Waals surface area contributed by atoms with Crippen molar-refractivity contribution in [2.24, 2.45) is 0 Å². The molecule has 3 rings (SSSR count). The fraction of sp³-hybridized carbons (Fsp3) is 0.188. The van der Waals surface area contributed by atoms with Gasteiger partial charge in [0.05, 0.1) is 12.7 Å². The normalized spacial score (nSPS) is 12.5. The topological polar surface area (TPSA) is 78.5 Å². The van der Waals surface area contributed by atoms with E-state index in [4.69, 9.17) is 21.1 Å². The van der Waals surface area contributed by atoms with Crippen molar-refractivity contribution in [2.45, 2.75) is 6.10 Å². The smallest absolute Gasteiger partial charge is 0.227 e. The molecule has 1 aromatic heterocycles. The van der Waals surface area contributed by atoms with Crippen molar-refractivity contribution in [1.82, 2.24) is 4.98 Å². The van der Waals surface area contributed by atoms with Crippen LogP contribution in [0.4, 0.5) is 5.69 Å². The lowest BCUT2D eigenvalue weighted by atomic mass is 10.2. The maximum Gasteiger partial charge on any atom is 0.227 e. The number of fused-ring (bicyclic) bond motifs is 1. The van der Waals surface area contributed by atoms with Gasteiger partial charge in [-0.25, -0.2) is 4.98 Å². The number of hydrogen-bond acceptors (Lipinski definition) is 5. The zero-order chi connectivity index (χ0) is 15.5. The van der Waals surface area contributed by atoms with Gasteiger partial charge >= 0.3 is 0 Å². The molecule has 0 aliphatic heterocycles. The third kappa shape index (κ3) is 3.22. The molecular weight excluding hydrogens is 304 g/mol. The van der Waals surface area contributed by atoms with E-state index in [9.17, 15) is 5.11 Å². The molecule has 114 valence electrons. The first-order chi connectivity index (χ1) is 10.7. The van der Waals surface area contributed by atoms with Gasteiger partial charge in [0.2, 0.25) is 5.89 Å². The summed E-state index contributed by atoms with van der Waals surface area (Å²) in [6, 6.07) is 12.8. The summed E-state index contributed by atoms with van der Waals surface area (Å²) in [5, 5.41) is 21.9. The number of halogens is 1. The van der Waals surface area contributed by atoms with Crippen LogP contribution < -0.4 is 5.32 Å². The van der Waals surface area contributed by atoms with Crippen LogP contribution in [0.25, 0.3) is 22.6 Å². The highest BCUT2D eigenvalue weighted by atomic mass is 35.5.